The standard InChI is InChI=1S/C25H31FN6O/c1-18-5-3-7-23(19(18)2)30-12-14-31(15-13-30)24(20-8-10-21(26)11-9-20)25-27-28-29-32(25)17-22-6-4-16-33-22/h3,5,7-11,22,24H,4,6,12-17H2,1-2H3/t22-,24-/m0/s1. The van der Waals surface area contributed by atoms with Gasteiger partial charge in [0.1, 0.15) is 5.82 Å². The fourth-order valence-electron chi connectivity index (χ4n) is 4.99. The van der Waals surface area contributed by atoms with Gasteiger partial charge in [0.05, 0.1) is 18.7 Å². The summed E-state index contributed by atoms with van der Waals surface area (Å²) in [4.78, 5) is 4.86. The molecule has 2 aliphatic heterocycles. The normalized spacial score (nSPS) is 20.3. The van der Waals surface area contributed by atoms with Gasteiger partial charge in [0.25, 0.3) is 0 Å². The molecule has 174 valence electrons. The number of benzene rings is 2. The van der Waals surface area contributed by atoms with Crippen molar-refractivity contribution in [3.05, 3.63) is 70.8 Å². The van der Waals surface area contributed by atoms with Crippen molar-refractivity contribution >= 4 is 5.69 Å². The first-order valence-electron chi connectivity index (χ1n) is 11.8. The van der Waals surface area contributed by atoms with Crippen LogP contribution in [0.5, 0.6) is 0 Å². The summed E-state index contributed by atoms with van der Waals surface area (Å²) in [6.07, 6.45) is 2.24. The summed E-state index contributed by atoms with van der Waals surface area (Å²) in [7, 11) is 0. The van der Waals surface area contributed by atoms with Crippen LogP contribution in [0, 0.1) is 19.7 Å². The van der Waals surface area contributed by atoms with E-state index in [9.17, 15) is 4.39 Å². The second-order valence-electron chi connectivity index (χ2n) is 9.05. The van der Waals surface area contributed by atoms with Crippen molar-refractivity contribution in [2.75, 3.05) is 37.7 Å². The highest BCUT2D eigenvalue weighted by Gasteiger charge is 2.32. The van der Waals surface area contributed by atoms with Crippen LogP contribution in [0.4, 0.5) is 10.1 Å². The molecule has 0 N–H and O–H groups in total. The summed E-state index contributed by atoms with van der Waals surface area (Å²) in [5.74, 6) is 0.550. The second kappa shape index (κ2) is 9.57. The number of tetrazole rings is 1. The van der Waals surface area contributed by atoms with Crippen molar-refractivity contribution < 1.29 is 9.13 Å². The van der Waals surface area contributed by atoms with Gasteiger partial charge in [-0.1, -0.05) is 24.3 Å². The number of anilines is 1. The molecule has 0 unspecified atom stereocenters. The molecule has 2 fully saturated rings. The number of aryl methyl sites for hydroxylation is 1. The first-order valence-corrected chi connectivity index (χ1v) is 11.8. The Balaban J connectivity index is 1.40. The highest BCUT2D eigenvalue weighted by atomic mass is 19.1. The Morgan fingerprint density at radius 2 is 1.85 bits per heavy atom. The summed E-state index contributed by atoms with van der Waals surface area (Å²) in [5.41, 5.74) is 4.95. The van der Waals surface area contributed by atoms with E-state index in [0.29, 0.717) is 6.54 Å². The van der Waals surface area contributed by atoms with Crippen LogP contribution in [0.3, 0.4) is 0 Å². The fourth-order valence-corrected chi connectivity index (χ4v) is 4.99. The number of halogens is 1. The molecule has 2 aliphatic rings. The number of nitrogens with zero attached hydrogens (tertiary/aromatic N) is 6. The van der Waals surface area contributed by atoms with E-state index in [1.165, 1.54) is 28.9 Å². The van der Waals surface area contributed by atoms with Crippen molar-refractivity contribution in [2.24, 2.45) is 0 Å². The van der Waals surface area contributed by atoms with Crippen LogP contribution in [0.1, 0.15) is 41.4 Å². The Morgan fingerprint density at radius 1 is 1.06 bits per heavy atom. The zero-order valence-electron chi connectivity index (χ0n) is 19.3. The lowest BCUT2D eigenvalue weighted by atomic mass is 10.0. The van der Waals surface area contributed by atoms with Crippen LogP contribution >= 0.6 is 0 Å². The van der Waals surface area contributed by atoms with Crippen LogP contribution in [0.15, 0.2) is 42.5 Å². The Bertz CT molecular complexity index is 1070. The molecule has 5 rings (SSSR count). The molecule has 1 aromatic heterocycles. The van der Waals surface area contributed by atoms with Crippen molar-refractivity contribution in [3.63, 3.8) is 0 Å². The van der Waals surface area contributed by atoms with E-state index >= 15 is 0 Å². The average molecular weight is 451 g/mol. The topological polar surface area (TPSA) is 59.3 Å². The molecule has 8 heteroatoms. The quantitative estimate of drug-likeness (QED) is 0.573. The predicted octanol–water partition coefficient (Wildman–Crippen LogP) is 3.52. The minimum atomic E-state index is -0.240. The highest BCUT2D eigenvalue weighted by Crippen LogP contribution is 2.31. The molecule has 3 aromatic rings. The third-order valence-corrected chi connectivity index (χ3v) is 6.99. The summed E-state index contributed by atoms with van der Waals surface area (Å²) in [6.45, 7) is 9.34. The maximum Gasteiger partial charge on any atom is 0.173 e. The van der Waals surface area contributed by atoms with Crippen molar-refractivity contribution in [1.82, 2.24) is 25.1 Å². The lowest BCUT2D eigenvalue weighted by Crippen LogP contribution is -2.48. The molecule has 2 saturated heterocycles. The van der Waals surface area contributed by atoms with Gasteiger partial charge >= 0.3 is 0 Å². The van der Waals surface area contributed by atoms with Crippen LogP contribution in [0.25, 0.3) is 0 Å². The van der Waals surface area contributed by atoms with E-state index < -0.39 is 0 Å². The number of piperazine rings is 1. The van der Waals surface area contributed by atoms with Gasteiger partial charge in [-0.15, -0.1) is 5.10 Å². The van der Waals surface area contributed by atoms with Gasteiger partial charge in [-0.05, 0) is 72.0 Å². The smallest absolute Gasteiger partial charge is 0.173 e. The lowest BCUT2D eigenvalue weighted by Gasteiger charge is -2.40. The Morgan fingerprint density at radius 3 is 2.58 bits per heavy atom. The molecule has 33 heavy (non-hydrogen) atoms. The van der Waals surface area contributed by atoms with Gasteiger partial charge in [0.2, 0.25) is 0 Å². The zero-order chi connectivity index (χ0) is 22.8. The zero-order valence-corrected chi connectivity index (χ0v) is 19.3. The largest absolute Gasteiger partial charge is 0.376 e. The molecule has 0 radical (unpaired) electrons. The van der Waals surface area contributed by atoms with Gasteiger partial charge in [0, 0.05) is 38.5 Å². The molecule has 0 amide bonds. The minimum Gasteiger partial charge on any atom is -0.376 e. The van der Waals surface area contributed by atoms with E-state index in [2.05, 4.69) is 57.4 Å². The third kappa shape index (κ3) is 4.63. The number of hydrogen-bond acceptors (Lipinski definition) is 6. The maximum atomic E-state index is 13.7. The monoisotopic (exact) mass is 450 g/mol. The van der Waals surface area contributed by atoms with Crippen molar-refractivity contribution in [1.29, 1.82) is 0 Å². The molecule has 2 aromatic carbocycles. The van der Waals surface area contributed by atoms with E-state index in [1.807, 2.05) is 16.8 Å². The molecular formula is C25H31FN6O. The Labute approximate surface area is 194 Å². The molecule has 0 aliphatic carbocycles. The number of aromatic nitrogens is 4. The van der Waals surface area contributed by atoms with Gasteiger partial charge in [-0.3, -0.25) is 4.90 Å². The molecule has 7 nitrogen and oxygen atoms in total. The molecule has 0 spiro atoms. The lowest BCUT2D eigenvalue weighted by molar-refractivity contribution is 0.0906. The molecular weight excluding hydrogens is 419 g/mol. The van der Waals surface area contributed by atoms with Gasteiger partial charge < -0.3 is 9.64 Å². The predicted molar refractivity (Wildman–Crippen MR) is 125 cm³/mol. The summed E-state index contributed by atoms with van der Waals surface area (Å²) < 4.78 is 21.4. The van der Waals surface area contributed by atoms with E-state index in [4.69, 9.17) is 4.74 Å². The van der Waals surface area contributed by atoms with E-state index in [1.54, 1.807) is 0 Å². The molecule has 0 saturated carbocycles. The Hall–Kier alpha value is -2.84. The first-order chi connectivity index (χ1) is 16.1. The van der Waals surface area contributed by atoms with E-state index in [0.717, 1.165) is 57.0 Å². The van der Waals surface area contributed by atoms with Crippen LogP contribution in [-0.4, -0.2) is 64.0 Å². The average Bonchev–Trinajstić information content (AvgIpc) is 3.51. The minimum absolute atomic E-state index is 0.136. The second-order valence-corrected chi connectivity index (χ2v) is 9.05. The van der Waals surface area contributed by atoms with Crippen molar-refractivity contribution in [3.8, 4) is 0 Å². The third-order valence-electron chi connectivity index (χ3n) is 6.99. The highest BCUT2D eigenvalue weighted by molar-refractivity contribution is 5.56. The van der Waals surface area contributed by atoms with E-state index in [-0.39, 0.29) is 18.0 Å². The van der Waals surface area contributed by atoms with Crippen LogP contribution in [-0.2, 0) is 11.3 Å². The van der Waals surface area contributed by atoms with Gasteiger partial charge in [0.15, 0.2) is 5.82 Å². The van der Waals surface area contributed by atoms with Crippen LogP contribution < -0.4 is 4.90 Å². The number of ether oxygens (including phenoxy) is 1. The SMILES string of the molecule is Cc1cccc(N2CCN([C@@H](c3ccc(F)cc3)c3nnnn3C[C@@H]3CCCO3)CC2)c1C. The van der Waals surface area contributed by atoms with Gasteiger partial charge in [-0.2, -0.15) is 0 Å². The number of rotatable bonds is 6. The van der Waals surface area contributed by atoms with Gasteiger partial charge in [-0.25, -0.2) is 9.07 Å². The molecule has 0 bridgehead atoms. The molecule has 3 heterocycles. The Kier molecular flexibility index (Phi) is 6.37. The molecule has 2 atom stereocenters. The first kappa shape index (κ1) is 22.0. The number of hydrogen-bond donors (Lipinski definition) is 0. The van der Waals surface area contributed by atoms with Crippen LogP contribution in [0.2, 0.25) is 0 Å². The summed E-state index contributed by atoms with van der Waals surface area (Å²) >= 11 is 0. The summed E-state index contributed by atoms with van der Waals surface area (Å²) in [5, 5.41) is 12.7. The maximum absolute atomic E-state index is 13.7. The van der Waals surface area contributed by atoms with Crippen molar-refractivity contribution in [2.45, 2.75) is 45.4 Å². The summed E-state index contributed by atoms with van der Waals surface area (Å²) in [6, 6.07) is 13.1. The fraction of sp³-hybridized carbons (Fsp3) is 0.480.